The number of hydrogen-bond acceptors (Lipinski definition) is 8. The fraction of sp³-hybridized carbons (Fsp3) is 0.417. The van der Waals surface area contributed by atoms with Crippen LogP contribution in [0.15, 0.2) is 42.6 Å². The molecule has 0 unspecified atom stereocenters. The van der Waals surface area contributed by atoms with Crippen LogP contribution in [0.2, 0.25) is 0 Å². The van der Waals surface area contributed by atoms with Crippen molar-refractivity contribution in [3.05, 3.63) is 42.6 Å². The highest BCUT2D eigenvalue weighted by Crippen LogP contribution is 2.34. The SMILES string of the molecule is O=C(C[C@H]1C(=O)NCCN1C(=O)CN1CCN(c2ccccn2)CC1)Nc1ccc2c(c1)OCO2. The summed E-state index contributed by atoms with van der Waals surface area (Å²) in [7, 11) is 0. The summed E-state index contributed by atoms with van der Waals surface area (Å²) in [6, 6.07) is 10.1. The summed E-state index contributed by atoms with van der Waals surface area (Å²) in [6.45, 7) is 4.08. The van der Waals surface area contributed by atoms with E-state index in [4.69, 9.17) is 9.47 Å². The van der Waals surface area contributed by atoms with E-state index in [1.807, 2.05) is 18.2 Å². The first kappa shape index (κ1) is 22.9. The highest BCUT2D eigenvalue weighted by atomic mass is 16.7. The van der Waals surface area contributed by atoms with E-state index in [9.17, 15) is 14.4 Å². The van der Waals surface area contributed by atoms with Gasteiger partial charge in [-0.1, -0.05) is 6.07 Å². The molecule has 3 amide bonds. The number of hydrogen-bond donors (Lipinski definition) is 2. The molecule has 4 heterocycles. The van der Waals surface area contributed by atoms with Crippen LogP contribution in [-0.2, 0) is 14.4 Å². The Kier molecular flexibility index (Phi) is 6.66. The second-order valence-corrected chi connectivity index (χ2v) is 8.67. The molecule has 0 bridgehead atoms. The Bertz CT molecular complexity index is 1090. The van der Waals surface area contributed by atoms with Gasteiger partial charge in [0.1, 0.15) is 11.9 Å². The van der Waals surface area contributed by atoms with Gasteiger partial charge in [0, 0.05) is 57.2 Å². The van der Waals surface area contributed by atoms with Crippen molar-refractivity contribution in [1.82, 2.24) is 20.1 Å². The monoisotopic (exact) mass is 480 g/mol. The Hall–Kier alpha value is -3.86. The quantitative estimate of drug-likeness (QED) is 0.606. The van der Waals surface area contributed by atoms with E-state index in [1.165, 1.54) is 4.90 Å². The van der Waals surface area contributed by atoms with Gasteiger partial charge >= 0.3 is 0 Å². The van der Waals surface area contributed by atoms with Crippen molar-refractivity contribution in [1.29, 1.82) is 0 Å². The molecule has 0 saturated carbocycles. The van der Waals surface area contributed by atoms with E-state index in [2.05, 4.69) is 25.4 Å². The second-order valence-electron chi connectivity index (χ2n) is 8.67. The molecule has 2 N–H and O–H groups in total. The minimum absolute atomic E-state index is 0.126. The molecule has 3 aliphatic rings. The van der Waals surface area contributed by atoms with Gasteiger partial charge in [-0.2, -0.15) is 0 Å². The topological polar surface area (TPSA) is 116 Å². The lowest BCUT2D eigenvalue weighted by molar-refractivity contribution is -0.145. The number of anilines is 2. The third-order valence-corrected chi connectivity index (χ3v) is 6.39. The van der Waals surface area contributed by atoms with Gasteiger partial charge < -0.3 is 29.9 Å². The number of carbonyl (C=O) groups is 3. The number of amides is 3. The zero-order chi connectivity index (χ0) is 24.2. The first-order valence-corrected chi connectivity index (χ1v) is 11.7. The van der Waals surface area contributed by atoms with Crippen molar-refractivity contribution < 1.29 is 23.9 Å². The van der Waals surface area contributed by atoms with E-state index in [-0.39, 0.29) is 37.5 Å². The molecule has 1 aromatic carbocycles. The van der Waals surface area contributed by atoms with Gasteiger partial charge in [-0.25, -0.2) is 4.98 Å². The summed E-state index contributed by atoms with van der Waals surface area (Å²) in [6.07, 6.45) is 1.65. The number of nitrogens with one attached hydrogen (secondary N) is 2. The minimum Gasteiger partial charge on any atom is -0.454 e. The van der Waals surface area contributed by atoms with Crippen LogP contribution >= 0.6 is 0 Å². The van der Waals surface area contributed by atoms with Crippen LogP contribution < -0.4 is 25.0 Å². The van der Waals surface area contributed by atoms with E-state index in [0.29, 0.717) is 30.3 Å². The maximum atomic E-state index is 13.2. The molecule has 2 aromatic rings. The number of nitrogens with zero attached hydrogens (tertiary/aromatic N) is 4. The minimum atomic E-state index is -0.847. The number of pyridine rings is 1. The molecular formula is C24H28N6O5. The first-order chi connectivity index (χ1) is 17.1. The van der Waals surface area contributed by atoms with Gasteiger partial charge in [0.05, 0.1) is 13.0 Å². The molecule has 2 saturated heterocycles. The Morgan fingerprint density at radius 3 is 2.69 bits per heavy atom. The fourth-order valence-electron chi connectivity index (χ4n) is 4.54. The highest BCUT2D eigenvalue weighted by Gasteiger charge is 2.35. The zero-order valence-electron chi connectivity index (χ0n) is 19.3. The van der Waals surface area contributed by atoms with Crippen molar-refractivity contribution in [3.8, 4) is 11.5 Å². The van der Waals surface area contributed by atoms with E-state index in [0.717, 1.165) is 32.0 Å². The van der Waals surface area contributed by atoms with Crippen molar-refractivity contribution in [2.24, 2.45) is 0 Å². The van der Waals surface area contributed by atoms with E-state index < -0.39 is 6.04 Å². The lowest BCUT2D eigenvalue weighted by atomic mass is 10.1. The standard InChI is InChI=1S/C24H28N6O5/c31-22(27-17-4-5-19-20(13-17)35-16-34-19)14-18-24(33)26-7-8-30(18)23(32)15-28-9-11-29(12-10-28)21-3-1-2-6-25-21/h1-6,13,18H,7-12,14-16H2,(H,26,33)(H,27,31)/t18-/m0/s1. The summed E-state index contributed by atoms with van der Waals surface area (Å²) >= 11 is 0. The van der Waals surface area contributed by atoms with Crippen molar-refractivity contribution in [3.63, 3.8) is 0 Å². The van der Waals surface area contributed by atoms with Crippen molar-refractivity contribution in [2.45, 2.75) is 12.5 Å². The Labute approximate surface area is 203 Å². The summed E-state index contributed by atoms with van der Waals surface area (Å²) in [5, 5.41) is 5.56. The largest absolute Gasteiger partial charge is 0.454 e. The highest BCUT2D eigenvalue weighted by molar-refractivity contribution is 5.97. The van der Waals surface area contributed by atoms with Crippen LogP contribution in [-0.4, -0.2) is 91.2 Å². The Morgan fingerprint density at radius 1 is 1.06 bits per heavy atom. The van der Waals surface area contributed by atoms with E-state index >= 15 is 0 Å². The third kappa shape index (κ3) is 5.29. The molecule has 3 aliphatic heterocycles. The number of ether oxygens (including phenoxy) is 2. The molecule has 184 valence electrons. The summed E-state index contributed by atoms with van der Waals surface area (Å²) in [5.74, 6) is 1.29. The molecule has 2 fully saturated rings. The van der Waals surface area contributed by atoms with Gasteiger partial charge in [0.2, 0.25) is 24.5 Å². The first-order valence-electron chi connectivity index (χ1n) is 11.7. The van der Waals surface area contributed by atoms with Gasteiger partial charge in [-0.05, 0) is 24.3 Å². The number of benzene rings is 1. The van der Waals surface area contributed by atoms with Crippen molar-refractivity contribution in [2.75, 3.05) is 62.8 Å². The van der Waals surface area contributed by atoms with Crippen LogP contribution in [0, 0.1) is 0 Å². The number of piperazine rings is 2. The maximum Gasteiger partial charge on any atom is 0.243 e. The Morgan fingerprint density at radius 2 is 1.89 bits per heavy atom. The number of carbonyl (C=O) groups excluding carboxylic acids is 3. The molecule has 1 atom stereocenters. The number of fused-ring (bicyclic) bond motifs is 1. The summed E-state index contributed by atoms with van der Waals surface area (Å²) < 4.78 is 10.6. The van der Waals surface area contributed by atoms with E-state index in [1.54, 1.807) is 24.4 Å². The van der Waals surface area contributed by atoms with Crippen molar-refractivity contribution >= 4 is 29.2 Å². The van der Waals surface area contributed by atoms with Gasteiger partial charge in [-0.3, -0.25) is 19.3 Å². The molecular weight excluding hydrogens is 452 g/mol. The molecule has 1 aromatic heterocycles. The van der Waals surface area contributed by atoms with Crippen LogP contribution in [0.4, 0.5) is 11.5 Å². The average molecular weight is 481 g/mol. The molecule has 11 nitrogen and oxygen atoms in total. The van der Waals surface area contributed by atoms with Crippen LogP contribution in [0.1, 0.15) is 6.42 Å². The zero-order valence-corrected chi connectivity index (χ0v) is 19.3. The summed E-state index contributed by atoms with van der Waals surface area (Å²) in [4.78, 5) is 48.7. The van der Waals surface area contributed by atoms with Crippen LogP contribution in [0.5, 0.6) is 11.5 Å². The maximum absolute atomic E-state index is 13.2. The predicted molar refractivity (Wildman–Crippen MR) is 127 cm³/mol. The molecule has 0 radical (unpaired) electrons. The molecule has 5 rings (SSSR count). The predicted octanol–water partition coefficient (Wildman–Crippen LogP) is 0.288. The second kappa shape index (κ2) is 10.2. The smallest absolute Gasteiger partial charge is 0.243 e. The van der Waals surface area contributed by atoms with Gasteiger partial charge in [0.25, 0.3) is 0 Å². The molecule has 11 heteroatoms. The molecule has 0 spiro atoms. The van der Waals surface area contributed by atoms with Gasteiger partial charge in [0.15, 0.2) is 11.5 Å². The summed E-state index contributed by atoms with van der Waals surface area (Å²) in [5.41, 5.74) is 0.541. The third-order valence-electron chi connectivity index (χ3n) is 6.39. The normalized spacial score (nSPS) is 19.9. The van der Waals surface area contributed by atoms with Crippen LogP contribution in [0.25, 0.3) is 0 Å². The lowest BCUT2D eigenvalue weighted by Gasteiger charge is -2.38. The lowest BCUT2D eigenvalue weighted by Crippen LogP contribution is -2.60. The molecule has 0 aliphatic carbocycles. The average Bonchev–Trinajstić information content (AvgIpc) is 3.34. The van der Waals surface area contributed by atoms with Crippen LogP contribution in [0.3, 0.4) is 0 Å². The number of aromatic nitrogens is 1. The fourth-order valence-corrected chi connectivity index (χ4v) is 4.54. The molecule has 35 heavy (non-hydrogen) atoms. The Balaban J connectivity index is 1.16. The van der Waals surface area contributed by atoms with Gasteiger partial charge in [-0.15, -0.1) is 0 Å². The number of rotatable bonds is 6.